The lowest BCUT2D eigenvalue weighted by molar-refractivity contribution is -0.116. The van der Waals surface area contributed by atoms with Crippen molar-refractivity contribution in [1.82, 2.24) is 0 Å². The largest absolute Gasteiger partial charge is 0.490 e. The fraction of sp³-hybridized carbons (Fsp3) is 0.562. The number of amides is 1. The van der Waals surface area contributed by atoms with Crippen molar-refractivity contribution in [1.29, 1.82) is 0 Å². The summed E-state index contributed by atoms with van der Waals surface area (Å²) in [6.45, 7) is 7.14. The molecule has 0 bridgehead atoms. The Hall–Kier alpha value is -1.75. The number of nitrogens with two attached hydrogens (primary N) is 1. The Morgan fingerprint density at radius 3 is 2.38 bits per heavy atom. The van der Waals surface area contributed by atoms with Gasteiger partial charge in [0.25, 0.3) is 0 Å². The van der Waals surface area contributed by atoms with Crippen molar-refractivity contribution in [2.45, 2.75) is 46.1 Å². The van der Waals surface area contributed by atoms with Crippen molar-refractivity contribution in [2.75, 3.05) is 18.5 Å². The second-order valence-corrected chi connectivity index (χ2v) is 5.09. The van der Waals surface area contributed by atoms with Crippen LogP contribution >= 0.6 is 0 Å². The van der Waals surface area contributed by atoms with Gasteiger partial charge in [-0.25, -0.2) is 0 Å². The normalized spacial score (nSPS) is 11.8. The summed E-state index contributed by atoms with van der Waals surface area (Å²) in [7, 11) is 0. The van der Waals surface area contributed by atoms with Gasteiger partial charge in [-0.05, 0) is 31.9 Å². The zero-order valence-corrected chi connectivity index (χ0v) is 13.1. The van der Waals surface area contributed by atoms with Crippen molar-refractivity contribution in [3.63, 3.8) is 0 Å². The Morgan fingerprint density at radius 2 is 1.81 bits per heavy atom. The number of hydrogen-bond donors (Lipinski definition) is 2. The van der Waals surface area contributed by atoms with Crippen molar-refractivity contribution < 1.29 is 14.3 Å². The Morgan fingerprint density at radius 1 is 1.19 bits per heavy atom. The summed E-state index contributed by atoms with van der Waals surface area (Å²) in [6.07, 6.45) is 2.13. The van der Waals surface area contributed by atoms with E-state index < -0.39 is 0 Å². The summed E-state index contributed by atoms with van der Waals surface area (Å²) in [5, 5.41) is 2.82. The van der Waals surface area contributed by atoms with Gasteiger partial charge in [0.05, 0.1) is 13.2 Å². The molecule has 0 spiro atoms. The summed E-state index contributed by atoms with van der Waals surface area (Å²) in [5.41, 5.74) is 6.31. The number of hydrogen-bond acceptors (Lipinski definition) is 4. The first-order chi connectivity index (χ1) is 10.1. The average Bonchev–Trinajstić information content (AvgIpc) is 2.43. The average molecular weight is 294 g/mol. The van der Waals surface area contributed by atoms with Crippen LogP contribution in [0.15, 0.2) is 18.2 Å². The van der Waals surface area contributed by atoms with Crippen LogP contribution in [0.2, 0.25) is 0 Å². The molecule has 1 aromatic carbocycles. The highest BCUT2D eigenvalue weighted by Gasteiger charge is 2.10. The maximum absolute atomic E-state index is 11.7. The molecule has 0 fully saturated rings. The van der Waals surface area contributed by atoms with E-state index in [1.807, 2.05) is 19.1 Å². The van der Waals surface area contributed by atoms with Crippen molar-refractivity contribution in [3.8, 4) is 11.5 Å². The van der Waals surface area contributed by atoms with Crippen LogP contribution in [0, 0.1) is 0 Å². The van der Waals surface area contributed by atoms with E-state index in [-0.39, 0.29) is 11.9 Å². The van der Waals surface area contributed by atoms with Crippen LogP contribution in [0.4, 0.5) is 5.69 Å². The quantitative estimate of drug-likeness (QED) is 0.734. The second kappa shape index (κ2) is 9.23. The van der Waals surface area contributed by atoms with Gasteiger partial charge in [-0.2, -0.15) is 0 Å². The molecular formula is C16H26N2O3. The number of nitrogens with one attached hydrogen (secondary N) is 1. The van der Waals surface area contributed by atoms with Gasteiger partial charge >= 0.3 is 0 Å². The zero-order valence-electron chi connectivity index (χ0n) is 13.1. The molecular weight excluding hydrogens is 268 g/mol. The molecule has 1 atom stereocenters. The molecule has 0 radical (unpaired) electrons. The molecule has 0 aromatic heterocycles. The highest BCUT2D eigenvalue weighted by atomic mass is 16.5. The molecule has 1 rings (SSSR count). The van der Waals surface area contributed by atoms with Gasteiger partial charge in [0, 0.05) is 24.2 Å². The van der Waals surface area contributed by atoms with Crippen molar-refractivity contribution in [2.24, 2.45) is 5.73 Å². The molecule has 0 aliphatic rings. The van der Waals surface area contributed by atoms with Crippen LogP contribution in [0.1, 0.15) is 40.0 Å². The Kier molecular flexibility index (Phi) is 7.61. The Balaban J connectivity index is 2.79. The van der Waals surface area contributed by atoms with Crippen LogP contribution in [-0.4, -0.2) is 25.2 Å². The molecule has 1 amide bonds. The molecule has 21 heavy (non-hydrogen) atoms. The molecule has 5 nitrogen and oxygen atoms in total. The summed E-state index contributed by atoms with van der Waals surface area (Å²) in [4.78, 5) is 11.7. The molecule has 5 heteroatoms. The van der Waals surface area contributed by atoms with Crippen LogP contribution in [0.25, 0.3) is 0 Å². The van der Waals surface area contributed by atoms with Gasteiger partial charge in [0.15, 0.2) is 11.5 Å². The number of rotatable bonds is 9. The Bertz CT molecular complexity index is 447. The minimum Gasteiger partial charge on any atom is -0.490 e. The van der Waals surface area contributed by atoms with Crippen molar-refractivity contribution >= 4 is 11.6 Å². The molecule has 0 saturated heterocycles. The van der Waals surface area contributed by atoms with E-state index in [0.717, 1.165) is 12.8 Å². The molecule has 0 aliphatic carbocycles. The Labute approximate surface area is 126 Å². The van der Waals surface area contributed by atoms with Crippen molar-refractivity contribution in [3.05, 3.63) is 18.2 Å². The standard InChI is InChI=1S/C16H26N2O3/c1-4-8-20-14-7-6-13(11-15(14)21-9-5-2)18-16(19)10-12(3)17/h6-7,11-12H,4-5,8-10,17H2,1-3H3,(H,18,19). The highest BCUT2D eigenvalue weighted by molar-refractivity contribution is 5.91. The third-order valence-electron chi connectivity index (χ3n) is 2.66. The number of ether oxygens (including phenoxy) is 2. The van der Waals surface area contributed by atoms with Gasteiger partial charge in [0.1, 0.15) is 0 Å². The van der Waals surface area contributed by atoms with Gasteiger partial charge in [0.2, 0.25) is 5.91 Å². The van der Waals surface area contributed by atoms with Crippen LogP contribution in [-0.2, 0) is 4.79 Å². The minimum atomic E-state index is -0.159. The number of carbonyl (C=O) groups is 1. The third-order valence-corrected chi connectivity index (χ3v) is 2.66. The molecule has 0 saturated carbocycles. The van der Waals surface area contributed by atoms with Gasteiger partial charge in [-0.1, -0.05) is 13.8 Å². The summed E-state index contributed by atoms with van der Waals surface area (Å²) >= 11 is 0. The maximum Gasteiger partial charge on any atom is 0.225 e. The number of benzene rings is 1. The first-order valence-corrected chi connectivity index (χ1v) is 7.51. The van der Waals surface area contributed by atoms with E-state index in [0.29, 0.717) is 36.8 Å². The number of carbonyl (C=O) groups excluding carboxylic acids is 1. The predicted octanol–water partition coefficient (Wildman–Crippen LogP) is 2.94. The van der Waals surface area contributed by atoms with Gasteiger partial charge in [-0.3, -0.25) is 4.79 Å². The molecule has 1 unspecified atom stereocenters. The molecule has 3 N–H and O–H groups in total. The van der Waals surface area contributed by atoms with E-state index in [9.17, 15) is 4.79 Å². The zero-order chi connectivity index (χ0) is 15.7. The first kappa shape index (κ1) is 17.3. The predicted molar refractivity (Wildman–Crippen MR) is 84.9 cm³/mol. The van der Waals surface area contributed by atoms with Crippen LogP contribution in [0.5, 0.6) is 11.5 Å². The monoisotopic (exact) mass is 294 g/mol. The van der Waals surface area contributed by atoms with E-state index in [1.54, 1.807) is 13.0 Å². The van der Waals surface area contributed by atoms with Crippen LogP contribution in [0.3, 0.4) is 0 Å². The van der Waals surface area contributed by atoms with Gasteiger partial charge in [-0.15, -0.1) is 0 Å². The first-order valence-electron chi connectivity index (χ1n) is 7.51. The molecule has 0 heterocycles. The molecule has 118 valence electrons. The van der Waals surface area contributed by atoms with E-state index in [4.69, 9.17) is 15.2 Å². The van der Waals surface area contributed by atoms with Gasteiger partial charge < -0.3 is 20.5 Å². The lowest BCUT2D eigenvalue weighted by Gasteiger charge is -2.14. The second-order valence-electron chi connectivity index (χ2n) is 5.09. The topological polar surface area (TPSA) is 73.6 Å². The van der Waals surface area contributed by atoms with E-state index in [2.05, 4.69) is 12.2 Å². The smallest absolute Gasteiger partial charge is 0.225 e. The third kappa shape index (κ3) is 6.49. The summed E-state index contributed by atoms with van der Waals surface area (Å²) in [5.74, 6) is 1.26. The fourth-order valence-electron chi connectivity index (χ4n) is 1.75. The molecule has 1 aromatic rings. The highest BCUT2D eigenvalue weighted by Crippen LogP contribution is 2.31. The van der Waals surface area contributed by atoms with E-state index >= 15 is 0 Å². The van der Waals surface area contributed by atoms with E-state index in [1.165, 1.54) is 0 Å². The summed E-state index contributed by atoms with van der Waals surface area (Å²) in [6, 6.07) is 5.26. The lowest BCUT2D eigenvalue weighted by atomic mass is 10.2. The maximum atomic E-state index is 11.7. The lowest BCUT2D eigenvalue weighted by Crippen LogP contribution is -2.24. The summed E-state index contributed by atoms with van der Waals surface area (Å²) < 4.78 is 11.3. The molecule has 0 aliphatic heterocycles. The minimum absolute atomic E-state index is 0.103. The fourth-order valence-corrected chi connectivity index (χ4v) is 1.75. The number of anilines is 1. The SMILES string of the molecule is CCCOc1ccc(NC(=O)CC(C)N)cc1OCCC. The van der Waals surface area contributed by atoms with Crippen LogP contribution < -0.4 is 20.5 Å².